The van der Waals surface area contributed by atoms with Crippen LogP contribution < -0.4 is 10.7 Å². The van der Waals surface area contributed by atoms with Gasteiger partial charge >= 0.3 is 5.97 Å². The molecular formula is C10H13N3O5. The van der Waals surface area contributed by atoms with E-state index in [0.29, 0.717) is 0 Å². The van der Waals surface area contributed by atoms with Gasteiger partial charge in [-0.1, -0.05) is 0 Å². The summed E-state index contributed by atoms with van der Waals surface area (Å²) in [4.78, 5) is 33.6. The van der Waals surface area contributed by atoms with E-state index in [-0.39, 0.29) is 37.7 Å². The smallest absolute Gasteiger partial charge is 0.311 e. The van der Waals surface area contributed by atoms with Crippen LogP contribution in [0.1, 0.15) is 12.8 Å². The van der Waals surface area contributed by atoms with Crippen LogP contribution in [0, 0.1) is 5.92 Å². The number of rotatable bonds is 3. The minimum atomic E-state index is -1.00. The summed E-state index contributed by atoms with van der Waals surface area (Å²) in [5, 5.41) is 15.1. The molecular weight excluding hydrogens is 242 g/mol. The van der Waals surface area contributed by atoms with Crippen molar-refractivity contribution in [3.8, 4) is 0 Å². The van der Waals surface area contributed by atoms with Gasteiger partial charge in [0.05, 0.1) is 19.3 Å². The maximum Gasteiger partial charge on any atom is 0.311 e. The van der Waals surface area contributed by atoms with E-state index in [1.54, 1.807) is 0 Å². The summed E-state index contributed by atoms with van der Waals surface area (Å²) in [6.07, 6.45) is 0.457. The number of amides is 2. The van der Waals surface area contributed by atoms with Gasteiger partial charge in [0, 0.05) is 12.8 Å². The molecule has 98 valence electrons. The second-order valence-corrected chi connectivity index (χ2v) is 4.16. The first-order valence-corrected chi connectivity index (χ1v) is 5.54. The number of carboxylic acid groups (broad SMARTS) is 1. The average molecular weight is 255 g/mol. The first-order chi connectivity index (χ1) is 8.58. The standard InChI is InChI=1S/C10H13N3O5/c14-8-2-1-6(12-13-8)9(15)11-7-4-18-3-5(7)10(16)17/h5,7H,1-4H2,(H,11,15)(H,13,14)(H,16,17). The number of hydrazone groups is 1. The third kappa shape index (κ3) is 2.65. The van der Waals surface area contributed by atoms with E-state index in [1.165, 1.54) is 0 Å². The Bertz CT molecular complexity index is 420. The SMILES string of the molecule is O=C1CCC(C(=O)NC2COCC2C(=O)O)=NN1. The predicted octanol–water partition coefficient (Wildman–Crippen LogP) is -1.53. The summed E-state index contributed by atoms with van der Waals surface area (Å²) < 4.78 is 5.03. The van der Waals surface area contributed by atoms with Crippen LogP contribution in [-0.2, 0) is 19.1 Å². The van der Waals surface area contributed by atoms with Crippen molar-refractivity contribution in [1.29, 1.82) is 0 Å². The zero-order valence-corrected chi connectivity index (χ0v) is 9.51. The largest absolute Gasteiger partial charge is 0.481 e. The number of carbonyl (C=O) groups excluding carboxylic acids is 2. The molecule has 8 heteroatoms. The van der Waals surface area contributed by atoms with Gasteiger partial charge in [0.25, 0.3) is 5.91 Å². The third-order valence-corrected chi connectivity index (χ3v) is 2.88. The Morgan fingerprint density at radius 3 is 2.78 bits per heavy atom. The molecule has 0 aromatic heterocycles. The molecule has 1 saturated heterocycles. The van der Waals surface area contributed by atoms with Crippen molar-refractivity contribution in [2.24, 2.45) is 11.0 Å². The number of carbonyl (C=O) groups is 3. The quantitative estimate of drug-likeness (QED) is 0.565. The molecule has 0 saturated carbocycles. The van der Waals surface area contributed by atoms with Gasteiger partial charge < -0.3 is 15.2 Å². The second-order valence-electron chi connectivity index (χ2n) is 4.16. The maximum atomic E-state index is 11.8. The van der Waals surface area contributed by atoms with Crippen LogP contribution in [0.15, 0.2) is 5.10 Å². The van der Waals surface area contributed by atoms with E-state index in [2.05, 4.69) is 15.8 Å². The van der Waals surface area contributed by atoms with Crippen LogP contribution in [0.2, 0.25) is 0 Å². The fourth-order valence-corrected chi connectivity index (χ4v) is 1.83. The Morgan fingerprint density at radius 2 is 2.17 bits per heavy atom. The van der Waals surface area contributed by atoms with Crippen LogP contribution >= 0.6 is 0 Å². The highest BCUT2D eigenvalue weighted by Gasteiger charge is 2.35. The zero-order valence-electron chi connectivity index (χ0n) is 9.51. The highest BCUT2D eigenvalue weighted by atomic mass is 16.5. The summed E-state index contributed by atoms with van der Waals surface area (Å²) in [6.45, 7) is 0.256. The highest BCUT2D eigenvalue weighted by Crippen LogP contribution is 2.14. The lowest BCUT2D eigenvalue weighted by Crippen LogP contribution is -2.46. The summed E-state index contributed by atoms with van der Waals surface area (Å²) in [7, 11) is 0. The fraction of sp³-hybridized carbons (Fsp3) is 0.600. The van der Waals surface area contributed by atoms with Crippen molar-refractivity contribution < 1.29 is 24.2 Å². The summed E-state index contributed by atoms with van der Waals surface area (Å²) in [5.74, 6) is -2.44. The molecule has 2 heterocycles. The lowest BCUT2D eigenvalue weighted by atomic mass is 10.0. The number of ether oxygens (including phenoxy) is 1. The average Bonchev–Trinajstić information content (AvgIpc) is 2.78. The van der Waals surface area contributed by atoms with Crippen molar-refractivity contribution in [1.82, 2.24) is 10.7 Å². The number of nitrogens with one attached hydrogen (secondary N) is 2. The Kier molecular flexibility index (Phi) is 3.56. The van der Waals surface area contributed by atoms with Crippen molar-refractivity contribution in [2.45, 2.75) is 18.9 Å². The van der Waals surface area contributed by atoms with Crippen LogP contribution in [0.4, 0.5) is 0 Å². The maximum absolute atomic E-state index is 11.8. The number of carboxylic acids is 1. The molecule has 0 radical (unpaired) electrons. The van der Waals surface area contributed by atoms with Crippen LogP contribution in [-0.4, -0.2) is 47.9 Å². The third-order valence-electron chi connectivity index (χ3n) is 2.88. The molecule has 2 unspecified atom stereocenters. The van der Waals surface area contributed by atoms with Crippen molar-refractivity contribution >= 4 is 23.5 Å². The van der Waals surface area contributed by atoms with E-state index in [9.17, 15) is 14.4 Å². The Balaban J connectivity index is 1.95. The minimum absolute atomic E-state index is 0.0868. The second kappa shape index (κ2) is 5.13. The van der Waals surface area contributed by atoms with E-state index in [0.717, 1.165) is 0 Å². The minimum Gasteiger partial charge on any atom is -0.481 e. The number of nitrogens with zero attached hydrogens (tertiary/aromatic N) is 1. The van der Waals surface area contributed by atoms with Crippen LogP contribution in [0.25, 0.3) is 0 Å². The molecule has 0 aliphatic carbocycles. The van der Waals surface area contributed by atoms with Crippen molar-refractivity contribution in [2.75, 3.05) is 13.2 Å². The summed E-state index contributed by atoms with van der Waals surface area (Å²) in [6, 6.07) is -0.560. The first kappa shape index (κ1) is 12.5. The molecule has 0 bridgehead atoms. The molecule has 2 amide bonds. The van der Waals surface area contributed by atoms with Crippen molar-refractivity contribution in [3.05, 3.63) is 0 Å². The van der Waals surface area contributed by atoms with Gasteiger partial charge in [0.15, 0.2) is 0 Å². The van der Waals surface area contributed by atoms with E-state index in [4.69, 9.17) is 9.84 Å². The number of aliphatic carboxylic acids is 1. The van der Waals surface area contributed by atoms with E-state index < -0.39 is 23.8 Å². The first-order valence-electron chi connectivity index (χ1n) is 5.54. The van der Waals surface area contributed by atoms with E-state index >= 15 is 0 Å². The van der Waals surface area contributed by atoms with Gasteiger partial charge in [-0.25, -0.2) is 5.43 Å². The lowest BCUT2D eigenvalue weighted by molar-refractivity contribution is -0.142. The normalized spacial score (nSPS) is 27.3. The van der Waals surface area contributed by atoms with Gasteiger partial charge in [-0.2, -0.15) is 5.10 Å². The zero-order chi connectivity index (χ0) is 13.1. The van der Waals surface area contributed by atoms with Gasteiger partial charge in [0.2, 0.25) is 5.91 Å². The van der Waals surface area contributed by atoms with Crippen LogP contribution in [0.5, 0.6) is 0 Å². The van der Waals surface area contributed by atoms with Gasteiger partial charge in [-0.05, 0) is 0 Å². The molecule has 0 spiro atoms. The Labute approximate surface area is 102 Å². The monoisotopic (exact) mass is 255 g/mol. The molecule has 0 aromatic carbocycles. The topological polar surface area (TPSA) is 117 Å². The molecule has 8 nitrogen and oxygen atoms in total. The molecule has 1 fully saturated rings. The summed E-state index contributed by atoms with van der Waals surface area (Å²) in [5.41, 5.74) is 2.41. The molecule has 2 aliphatic rings. The van der Waals surface area contributed by atoms with E-state index in [1.807, 2.05) is 0 Å². The number of hydrogen-bond acceptors (Lipinski definition) is 5. The molecule has 2 aliphatic heterocycles. The van der Waals surface area contributed by atoms with Crippen molar-refractivity contribution in [3.63, 3.8) is 0 Å². The Hall–Kier alpha value is -1.96. The van der Waals surface area contributed by atoms with Gasteiger partial charge in [-0.3, -0.25) is 14.4 Å². The summed E-state index contributed by atoms with van der Waals surface area (Å²) >= 11 is 0. The molecule has 3 N–H and O–H groups in total. The number of hydrogen-bond donors (Lipinski definition) is 3. The highest BCUT2D eigenvalue weighted by molar-refractivity contribution is 6.39. The molecule has 2 atom stereocenters. The molecule has 0 aromatic rings. The van der Waals surface area contributed by atoms with Crippen LogP contribution in [0.3, 0.4) is 0 Å². The lowest BCUT2D eigenvalue weighted by Gasteiger charge is -2.17. The Morgan fingerprint density at radius 1 is 1.39 bits per heavy atom. The molecule has 2 rings (SSSR count). The predicted molar refractivity (Wildman–Crippen MR) is 58.7 cm³/mol. The van der Waals surface area contributed by atoms with Gasteiger partial charge in [0.1, 0.15) is 11.6 Å². The fourth-order valence-electron chi connectivity index (χ4n) is 1.83. The van der Waals surface area contributed by atoms with Gasteiger partial charge in [-0.15, -0.1) is 0 Å². The molecule has 18 heavy (non-hydrogen) atoms.